The van der Waals surface area contributed by atoms with Gasteiger partial charge in [-0.25, -0.2) is 4.39 Å². The van der Waals surface area contributed by atoms with E-state index in [-0.39, 0.29) is 17.8 Å². The number of benzene rings is 1. The molecule has 0 radical (unpaired) electrons. The molecule has 0 heterocycles. The number of carbonyl (C=O) groups excluding carboxylic acids is 1. The molecule has 0 aliphatic heterocycles. The normalized spacial score (nSPS) is 23.6. The van der Waals surface area contributed by atoms with E-state index in [0.29, 0.717) is 18.0 Å². The molecule has 92 valence electrons. The van der Waals surface area contributed by atoms with E-state index in [1.165, 1.54) is 18.2 Å². The number of nitrogens with one attached hydrogen (secondary N) is 1. The summed E-state index contributed by atoms with van der Waals surface area (Å²) in [5.74, 6) is -0.145. The summed E-state index contributed by atoms with van der Waals surface area (Å²) < 4.78 is 12.9. The summed E-state index contributed by atoms with van der Waals surface area (Å²) in [6.45, 7) is 0.628. The Kier molecular flexibility index (Phi) is 3.74. The predicted octanol–water partition coefficient (Wildman–Crippen LogP) is 1.68. The second-order valence-corrected chi connectivity index (χ2v) is 4.66. The average molecular weight is 236 g/mol. The van der Waals surface area contributed by atoms with E-state index in [4.69, 9.17) is 5.73 Å². The molecule has 2 unspecified atom stereocenters. The van der Waals surface area contributed by atoms with Gasteiger partial charge in [0.1, 0.15) is 5.82 Å². The molecule has 1 aliphatic carbocycles. The number of hydrogen-bond donors (Lipinski definition) is 2. The minimum atomic E-state index is -0.388. The second kappa shape index (κ2) is 5.27. The Morgan fingerprint density at radius 3 is 2.94 bits per heavy atom. The Morgan fingerprint density at radius 1 is 1.47 bits per heavy atom. The van der Waals surface area contributed by atoms with Gasteiger partial charge in [0.2, 0.25) is 0 Å². The largest absolute Gasteiger partial charge is 0.352 e. The van der Waals surface area contributed by atoms with E-state index < -0.39 is 0 Å². The van der Waals surface area contributed by atoms with Crippen molar-refractivity contribution >= 4 is 5.91 Å². The first-order valence-corrected chi connectivity index (χ1v) is 5.94. The lowest BCUT2D eigenvalue weighted by Crippen LogP contribution is -2.29. The van der Waals surface area contributed by atoms with Gasteiger partial charge in [0.25, 0.3) is 5.91 Å². The van der Waals surface area contributed by atoms with Crippen LogP contribution in [0.5, 0.6) is 0 Å². The summed E-state index contributed by atoms with van der Waals surface area (Å²) in [5, 5.41) is 2.83. The number of rotatable bonds is 3. The maximum absolute atomic E-state index is 12.9. The lowest BCUT2D eigenvalue weighted by Gasteiger charge is -2.11. The maximum atomic E-state index is 12.9. The third-order valence-electron chi connectivity index (χ3n) is 3.22. The quantitative estimate of drug-likeness (QED) is 0.839. The average Bonchev–Trinajstić information content (AvgIpc) is 2.72. The Hall–Kier alpha value is -1.42. The van der Waals surface area contributed by atoms with E-state index in [0.717, 1.165) is 19.3 Å². The van der Waals surface area contributed by atoms with Crippen LogP contribution in [0, 0.1) is 11.7 Å². The number of halogens is 1. The van der Waals surface area contributed by atoms with Crippen LogP contribution in [0.3, 0.4) is 0 Å². The van der Waals surface area contributed by atoms with Crippen molar-refractivity contribution in [2.75, 3.05) is 6.54 Å². The van der Waals surface area contributed by atoms with Crippen LogP contribution < -0.4 is 11.1 Å². The molecule has 17 heavy (non-hydrogen) atoms. The molecule has 0 spiro atoms. The van der Waals surface area contributed by atoms with Gasteiger partial charge in [0.05, 0.1) is 0 Å². The Labute approximate surface area is 100 Å². The van der Waals surface area contributed by atoms with Gasteiger partial charge in [-0.1, -0.05) is 6.07 Å². The van der Waals surface area contributed by atoms with Gasteiger partial charge in [0.15, 0.2) is 0 Å². The van der Waals surface area contributed by atoms with Crippen LogP contribution in [0.1, 0.15) is 29.6 Å². The summed E-state index contributed by atoms with van der Waals surface area (Å²) in [4.78, 5) is 11.7. The van der Waals surface area contributed by atoms with Gasteiger partial charge in [-0.2, -0.15) is 0 Å². The number of hydrogen-bond acceptors (Lipinski definition) is 2. The standard InChI is InChI=1S/C13H17FN2O/c14-11-3-1-2-10(7-11)13(17)16-8-9-4-5-12(15)6-9/h1-3,7,9,12H,4-6,8,15H2,(H,16,17). The van der Waals surface area contributed by atoms with Crippen molar-refractivity contribution in [1.29, 1.82) is 0 Å². The highest BCUT2D eigenvalue weighted by molar-refractivity contribution is 5.94. The first kappa shape index (κ1) is 12.0. The van der Waals surface area contributed by atoms with Gasteiger partial charge in [-0.05, 0) is 43.4 Å². The summed E-state index contributed by atoms with van der Waals surface area (Å²) >= 11 is 0. The Morgan fingerprint density at radius 2 is 2.29 bits per heavy atom. The Balaban J connectivity index is 1.85. The van der Waals surface area contributed by atoms with Crippen LogP contribution in [0.2, 0.25) is 0 Å². The molecule has 0 bridgehead atoms. The zero-order valence-corrected chi connectivity index (χ0v) is 9.66. The Bertz CT molecular complexity index is 408. The molecule has 1 aromatic carbocycles. The minimum absolute atomic E-state index is 0.218. The van der Waals surface area contributed by atoms with E-state index in [2.05, 4.69) is 5.32 Å². The van der Waals surface area contributed by atoms with Crippen molar-refractivity contribution in [3.05, 3.63) is 35.6 Å². The lowest BCUT2D eigenvalue weighted by molar-refractivity contribution is 0.0947. The first-order valence-electron chi connectivity index (χ1n) is 5.94. The molecule has 1 aliphatic rings. The van der Waals surface area contributed by atoms with Gasteiger partial charge in [-0.3, -0.25) is 4.79 Å². The minimum Gasteiger partial charge on any atom is -0.352 e. The zero-order valence-electron chi connectivity index (χ0n) is 9.66. The summed E-state index contributed by atoms with van der Waals surface area (Å²) in [6, 6.07) is 5.99. The molecule has 1 amide bonds. The van der Waals surface area contributed by atoms with Crippen molar-refractivity contribution in [1.82, 2.24) is 5.32 Å². The molecule has 0 saturated heterocycles. The molecular weight excluding hydrogens is 219 g/mol. The molecule has 4 heteroatoms. The molecule has 3 N–H and O–H groups in total. The summed E-state index contributed by atoms with van der Waals surface area (Å²) in [6.07, 6.45) is 3.05. The second-order valence-electron chi connectivity index (χ2n) is 4.66. The fraction of sp³-hybridized carbons (Fsp3) is 0.462. The van der Waals surface area contributed by atoms with Crippen LogP contribution in [0.25, 0.3) is 0 Å². The highest BCUT2D eigenvalue weighted by Gasteiger charge is 2.22. The van der Waals surface area contributed by atoms with E-state index in [9.17, 15) is 9.18 Å². The highest BCUT2D eigenvalue weighted by atomic mass is 19.1. The van der Waals surface area contributed by atoms with Crippen molar-refractivity contribution < 1.29 is 9.18 Å². The fourth-order valence-electron chi connectivity index (χ4n) is 2.27. The van der Waals surface area contributed by atoms with Gasteiger partial charge >= 0.3 is 0 Å². The number of nitrogens with two attached hydrogens (primary N) is 1. The van der Waals surface area contributed by atoms with Gasteiger partial charge < -0.3 is 11.1 Å². The van der Waals surface area contributed by atoms with Crippen LogP contribution >= 0.6 is 0 Å². The van der Waals surface area contributed by atoms with Gasteiger partial charge in [0, 0.05) is 18.2 Å². The predicted molar refractivity (Wildman–Crippen MR) is 64.0 cm³/mol. The monoisotopic (exact) mass is 236 g/mol. The van der Waals surface area contributed by atoms with E-state index in [1.54, 1.807) is 6.07 Å². The van der Waals surface area contributed by atoms with Gasteiger partial charge in [-0.15, -0.1) is 0 Å². The summed E-state index contributed by atoms with van der Waals surface area (Å²) in [7, 11) is 0. The molecule has 0 aromatic heterocycles. The van der Waals surface area contributed by atoms with Crippen molar-refractivity contribution in [2.24, 2.45) is 11.7 Å². The molecule has 2 rings (SSSR count). The van der Waals surface area contributed by atoms with Crippen molar-refractivity contribution in [3.8, 4) is 0 Å². The topological polar surface area (TPSA) is 55.1 Å². The maximum Gasteiger partial charge on any atom is 0.251 e. The molecular formula is C13H17FN2O. The van der Waals surface area contributed by atoms with Crippen LogP contribution in [-0.4, -0.2) is 18.5 Å². The van der Waals surface area contributed by atoms with Crippen LogP contribution in [-0.2, 0) is 0 Å². The molecule has 1 saturated carbocycles. The molecule has 2 atom stereocenters. The zero-order chi connectivity index (χ0) is 12.3. The third kappa shape index (κ3) is 3.27. The molecule has 3 nitrogen and oxygen atoms in total. The number of amides is 1. The van der Waals surface area contributed by atoms with Crippen LogP contribution in [0.15, 0.2) is 24.3 Å². The summed E-state index contributed by atoms with van der Waals surface area (Å²) in [5.41, 5.74) is 6.17. The SMILES string of the molecule is NC1CCC(CNC(=O)c2cccc(F)c2)C1. The lowest BCUT2D eigenvalue weighted by atomic mass is 10.1. The highest BCUT2D eigenvalue weighted by Crippen LogP contribution is 2.23. The third-order valence-corrected chi connectivity index (χ3v) is 3.22. The van der Waals surface area contributed by atoms with Crippen molar-refractivity contribution in [3.63, 3.8) is 0 Å². The van der Waals surface area contributed by atoms with Crippen LogP contribution in [0.4, 0.5) is 4.39 Å². The van der Waals surface area contributed by atoms with Crippen molar-refractivity contribution in [2.45, 2.75) is 25.3 Å². The number of carbonyl (C=O) groups is 1. The van der Waals surface area contributed by atoms with E-state index >= 15 is 0 Å². The smallest absolute Gasteiger partial charge is 0.251 e. The first-order chi connectivity index (χ1) is 8.15. The molecule has 1 aromatic rings. The van der Waals surface area contributed by atoms with E-state index in [1.807, 2.05) is 0 Å². The fourth-order valence-corrected chi connectivity index (χ4v) is 2.27. The molecule has 1 fully saturated rings.